The number of carbonyl (C=O) groups is 2. The number of pyridine rings is 1. The minimum absolute atomic E-state index is 0.00847. The van der Waals surface area contributed by atoms with Crippen LogP contribution in [-0.2, 0) is 9.59 Å². The third-order valence-electron chi connectivity index (χ3n) is 5.55. The van der Waals surface area contributed by atoms with E-state index in [9.17, 15) is 14.0 Å². The molecule has 2 N–H and O–H groups in total. The minimum atomic E-state index is -0.515. The summed E-state index contributed by atoms with van der Waals surface area (Å²) >= 11 is 0. The van der Waals surface area contributed by atoms with E-state index in [1.165, 1.54) is 12.1 Å². The lowest BCUT2D eigenvalue weighted by molar-refractivity contribution is -0.136. The Bertz CT molecular complexity index is 1110. The molecule has 0 spiro atoms. The van der Waals surface area contributed by atoms with Crippen LogP contribution in [0.25, 0.3) is 10.8 Å². The van der Waals surface area contributed by atoms with Crippen LogP contribution in [0.5, 0.6) is 0 Å². The first-order valence-electron chi connectivity index (χ1n) is 10.4. The molecule has 2 aromatic carbocycles. The van der Waals surface area contributed by atoms with Gasteiger partial charge in [0.15, 0.2) is 0 Å². The molecule has 7 heteroatoms. The van der Waals surface area contributed by atoms with Crippen LogP contribution >= 0.6 is 0 Å². The summed E-state index contributed by atoms with van der Waals surface area (Å²) in [5.74, 6) is -0.478. The van der Waals surface area contributed by atoms with Gasteiger partial charge in [0, 0.05) is 47.5 Å². The molecular formula is C24H25FN4O2. The van der Waals surface area contributed by atoms with E-state index in [0.717, 1.165) is 28.6 Å². The number of likely N-dealkylation sites (tertiary alicyclic amines) is 1. The molecule has 2 heterocycles. The maximum atomic E-state index is 13.2. The highest BCUT2D eigenvalue weighted by Crippen LogP contribution is 2.32. The number of carbonyl (C=O) groups excluding carboxylic acids is 2. The van der Waals surface area contributed by atoms with Crippen LogP contribution in [0.3, 0.4) is 0 Å². The molecule has 1 unspecified atom stereocenters. The summed E-state index contributed by atoms with van der Waals surface area (Å²) in [6.45, 7) is 4.51. The van der Waals surface area contributed by atoms with Crippen molar-refractivity contribution < 1.29 is 14.0 Å². The number of hydrogen-bond acceptors (Lipinski definition) is 4. The van der Waals surface area contributed by atoms with Crippen LogP contribution in [0.2, 0.25) is 0 Å². The molecule has 1 aliphatic rings. The molecule has 160 valence electrons. The SMILES string of the molecule is CC(C)C(C(=O)Nc1ccc(Nc2ccc(F)cc2)c2ccncc12)N1CCCC1=O. The maximum absolute atomic E-state index is 13.2. The zero-order valence-electron chi connectivity index (χ0n) is 17.6. The van der Waals surface area contributed by atoms with Gasteiger partial charge >= 0.3 is 0 Å². The highest BCUT2D eigenvalue weighted by molar-refractivity contribution is 6.08. The van der Waals surface area contributed by atoms with Crippen LogP contribution in [0.4, 0.5) is 21.5 Å². The molecule has 4 rings (SSSR count). The number of halogens is 1. The lowest BCUT2D eigenvalue weighted by Crippen LogP contribution is -2.48. The second-order valence-corrected chi connectivity index (χ2v) is 8.08. The summed E-state index contributed by atoms with van der Waals surface area (Å²) in [4.78, 5) is 31.3. The van der Waals surface area contributed by atoms with Gasteiger partial charge in [-0.2, -0.15) is 0 Å². The number of fused-ring (bicyclic) bond motifs is 1. The summed E-state index contributed by atoms with van der Waals surface area (Å²) in [5, 5.41) is 7.95. The molecule has 1 fully saturated rings. The fraction of sp³-hybridized carbons (Fsp3) is 0.292. The van der Waals surface area contributed by atoms with E-state index in [4.69, 9.17) is 0 Å². The van der Waals surface area contributed by atoms with E-state index in [1.54, 1.807) is 29.4 Å². The second-order valence-electron chi connectivity index (χ2n) is 8.08. The number of nitrogens with zero attached hydrogens (tertiary/aromatic N) is 2. The van der Waals surface area contributed by atoms with Crippen LogP contribution in [0.1, 0.15) is 26.7 Å². The standard InChI is InChI=1S/C24H25FN4O2/c1-15(2)23(29-13-3-4-22(29)30)24(31)28-21-10-9-20(18-11-12-26-14-19(18)21)27-17-7-5-16(25)6-8-17/h5-12,14-15,23,27H,3-4,13H2,1-2H3,(H,28,31). The first-order chi connectivity index (χ1) is 14.9. The van der Waals surface area contributed by atoms with Gasteiger partial charge in [-0.1, -0.05) is 13.8 Å². The predicted molar refractivity (Wildman–Crippen MR) is 120 cm³/mol. The Morgan fingerprint density at radius 3 is 2.48 bits per heavy atom. The van der Waals surface area contributed by atoms with Crippen LogP contribution < -0.4 is 10.6 Å². The molecule has 1 atom stereocenters. The molecule has 1 aliphatic heterocycles. The van der Waals surface area contributed by atoms with E-state index in [0.29, 0.717) is 18.7 Å². The Kier molecular flexibility index (Phi) is 5.84. The summed E-state index contributed by atoms with van der Waals surface area (Å²) in [7, 11) is 0. The van der Waals surface area contributed by atoms with Crippen LogP contribution in [0, 0.1) is 11.7 Å². The number of hydrogen-bond donors (Lipinski definition) is 2. The van der Waals surface area contributed by atoms with Gasteiger partial charge in [-0.15, -0.1) is 0 Å². The first kappa shape index (κ1) is 20.8. The molecule has 1 saturated heterocycles. The van der Waals surface area contributed by atoms with Crippen molar-refractivity contribution in [1.29, 1.82) is 0 Å². The van der Waals surface area contributed by atoms with Crippen molar-refractivity contribution in [2.45, 2.75) is 32.7 Å². The largest absolute Gasteiger partial charge is 0.355 e. The van der Waals surface area contributed by atoms with Crippen molar-refractivity contribution in [1.82, 2.24) is 9.88 Å². The van der Waals surface area contributed by atoms with Crippen molar-refractivity contribution in [3.63, 3.8) is 0 Å². The van der Waals surface area contributed by atoms with Crippen molar-refractivity contribution in [2.24, 2.45) is 5.92 Å². The molecular weight excluding hydrogens is 395 g/mol. The fourth-order valence-electron chi connectivity index (χ4n) is 4.07. The molecule has 0 bridgehead atoms. The Labute approximate surface area is 180 Å². The average Bonchev–Trinajstić information content (AvgIpc) is 3.16. The summed E-state index contributed by atoms with van der Waals surface area (Å²) in [6.07, 6.45) is 4.66. The van der Waals surface area contributed by atoms with Gasteiger partial charge in [-0.25, -0.2) is 4.39 Å². The molecule has 6 nitrogen and oxygen atoms in total. The maximum Gasteiger partial charge on any atom is 0.247 e. The summed E-state index contributed by atoms with van der Waals surface area (Å²) < 4.78 is 13.2. The third kappa shape index (κ3) is 4.35. The number of amides is 2. The number of rotatable bonds is 6. The zero-order chi connectivity index (χ0) is 22.0. The number of aromatic nitrogens is 1. The van der Waals surface area contributed by atoms with Crippen molar-refractivity contribution in [3.8, 4) is 0 Å². The monoisotopic (exact) mass is 420 g/mol. The third-order valence-corrected chi connectivity index (χ3v) is 5.55. The molecule has 31 heavy (non-hydrogen) atoms. The molecule has 2 amide bonds. The summed E-state index contributed by atoms with van der Waals surface area (Å²) in [5.41, 5.74) is 2.20. The molecule has 0 radical (unpaired) electrons. The van der Waals surface area contributed by atoms with E-state index >= 15 is 0 Å². The van der Waals surface area contributed by atoms with Gasteiger partial charge in [0.1, 0.15) is 11.9 Å². The highest BCUT2D eigenvalue weighted by Gasteiger charge is 2.35. The molecule has 1 aromatic heterocycles. The molecule has 3 aromatic rings. The topological polar surface area (TPSA) is 74.3 Å². The van der Waals surface area contributed by atoms with Gasteiger partial charge < -0.3 is 15.5 Å². The number of nitrogens with one attached hydrogen (secondary N) is 2. The average molecular weight is 420 g/mol. The smallest absolute Gasteiger partial charge is 0.247 e. The minimum Gasteiger partial charge on any atom is -0.355 e. The van der Waals surface area contributed by atoms with Crippen molar-refractivity contribution >= 4 is 39.6 Å². The lowest BCUT2D eigenvalue weighted by Gasteiger charge is -2.30. The van der Waals surface area contributed by atoms with Crippen LogP contribution in [-0.4, -0.2) is 34.3 Å². The zero-order valence-corrected chi connectivity index (χ0v) is 17.6. The van der Waals surface area contributed by atoms with Gasteiger partial charge in [-0.05, 0) is 54.8 Å². The van der Waals surface area contributed by atoms with E-state index in [2.05, 4.69) is 15.6 Å². The number of benzene rings is 2. The van der Waals surface area contributed by atoms with E-state index in [1.807, 2.05) is 32.0 Å². The van der Waals surface area contributed by atoms with Gasteiger partial charge in [-0.3, -0.25) is 14.6 Å². The highest BCUT2D eigenvalue weighted by atomic mass is 19.1. The Hall–Kier alpha value is -3.48. The van der Waals surface area contributed by atoms with Gasteiger partial charge in [0.25, 0.3) is 0 Å². The first-order valence-corrected chi connectivity index (χ1v) is 10.4. The van der Waals surface area contributed by atoms with Crippen molar-refractivity contribution in [2.75, 3.05) is 17.2 Å². The Balaban J connectivity index is 1.63. The normalized spacial score (nSPS) is 14.8. The molecule has 0 aliphatic carbocycles. The second kappa shape index (κ2) is 8.71. The number of anilines is 3. The van der Waals surface area contributed by atoms with E-state index < -0.39 is 6.04 Å². The Morgan fingerprint density at radius 1 is 1.06 bits per heavy atom. The van der Waals surface area contributed by atoms with Gasteiger partial charge in [0.05, 0.1) is 5.69 Å². The summed E-state index contributed by atoms with van der Waals surface area (Å²) in [6, 6.07) is 11.2. The predicted octanol–water partition coefficient (Wildman–Crippen LogP) is 4.70. The fourth-order valence-corrected chi connectivity index (χ4v) is 4.07. The van der Waals surface area contributed by atoms with E-state index in [-0.39, 0.29) is 23.5 Å². The lowest BCUT2D eigenvalue weighted by atomic mass is 10.0. The quantitative estimate of drug-likeness (QED) is 0.606. The van der Waals surface area contributed by atoms with Crippen molar-refractivity contribution in [3.05, 3.63) is 60.7 Å². The molecule has 0 saturated carbocycles. The van der Waals surface area contributed by atoms with Crippen LogP contribution in [0.15, 0.2) is 54.9 Å². The Morgan fingerprint density at radius 2 is 1.81 bits per heavy atom. The van der Waals surface area contributed by atoms with Gasteiger partial charge in [0.2, 0.25) is 11.8 Å².